The number of nitrogens with one attached hydrogen (secondary N) is 2. The maximum atomic E-state index is 10.3. The van der Waals surface area contributed by atoms with Gasteiger partial charge in [0.15, 0.2) is 0 Å². The lowest BCUT2D eigenvalue weighted by atomic mass is 10.0. The van der Waals surface area contributed by atoms with Crippen molar-refractivity contribution >= 4 is 11.6 Å². The highest BCUT2D eigenvalue weighted by Gasteiger charge is 2.15. The minimum absolute atomic E-state index is 0.192. The third-order valence-electron chi connectivity index (χ3n) is 6.91. The van der Waals surface area contributed by atoms with E-state index in [2.05, 4.69) is 28.8 Å². The van der Waals surface area contributed by atoms with Gasteiger partial charge in [0.1, 0.15) is 49.3 Å². The van der Waals surface area contributed by atoms with E-state index in [1.54, 1.807) is 0 Å². The highest BCUT2D eigenvalue weighted by Crippen LogP contribution is 2.33. The Hall–Kier alpha value is -4.14. The van der Waals surface area contributed by atoms with Gasteiger partial charge in [-0.15, -0.1) is 0 Å². The van der Waals surface area contributed by atoms with E-state index in [9.17, 15) is 10.2 Å². The van der Waals surface area contributed by atoms with Gasteiger partial charge in [0.2, 0.25) is 0 Å². The first-order valence-corrected chi connectivity index (χ1v) is 14.3. The Kier molecular flexibility index (Phi) is 10.6. The minimum Gasteiger partial charge on any atom is -0.491 e. The molecule has 4 N–H and O–H groups in total. The third-order valence-corrected chi connectivity index (χ3v) is 6.91. The molecular formula is C35H38N2O5. The van der Waals surface area contributed by atoms with Crippen LogP contribution in [0.4, 0.5) is 0 Å². The lowest BCUT2D eigenvalue weighted by Gasteiger charge is -2.20. The largest absolute Gasteiger partial charge is 0.491 e. The van der Waals surface area contributed by atoms with Crippen molar-refractivity contribution in [2.75, 3.05) is 32.9 Å². The number of benzene rings is 4. The standard InChI is InChI=1S/C35H38N2O5/c38-31(21-36-19-26-7-3-1-4-8-26)24-40-33-14-11-28(12-15-33)30-17-29-13-16-34(18-35(29)42-23-30)41-25-32(39)22-37-20-27-9-5-2-6-10-27/h1-18,31-32,36-39H,19-25H2. The molecule has 0 radical (unpaired) electrons. The van der Waals surface area contributed by atoms with E-state index in [1.165, 1.54) is 11.1 Å². The average molecular weight is 567 g/mol. The Labute approximate surface area is 247 Å². The van der Waals surface area contributed by atoms with Crippen molar-refractivity contribution in [3.05, 3.63) is 125 Å². The molecule has 0 aliphatic carbocycles. The van der Waals surface area contributed by atoms with Crippen LogP contribution in [0.3, 0.4) is 0 Å². The van der Waals surface area contributed by atoms with Crippen LogP contribution in [0.25, 0.3) is 11.6 Å². The quantitative estimate of drug-likeness (QED) is 0.166. The van der Waals surface area contributed by atoms with Gasteiger partial charge in [-0.3, -0.25) is 0 Å². The molecule has 2 unspecified atom stereocenters. The van der Waals surface area contributed by atoms with Crippen LogP contribution < -0.4 is 24.8 Å². The number of hydrogen-bond acceptors (Lipinski definition) is 7. The van der Waals surface area contributed by atoms with Crippen LogP contribution in [-0.2, 0) is 13.1 Å². The Morgan fingerprint density at radius 3 is 1.81 bits per heavy atom. The summed E-state index contributed by atoms with van der Waals surface area (Å²) in [5, 5.41) is 27.1. The predicted molar refractivity (Wildman–Crippen MR) is 166 cm³/mol. The summed E-state index contributed by atoms with van der Waals surface area (Å²) < 4.78 is 17.6. The maximum absolute atomic E-state index is 10.3. The summed E-state index contributed by atoms with van der Waals surface area (Å²) >= 11 is 0. The Morgan fingerprint density at radius 1 is 0.667 bits per heavy atom. The van der Waals surface area contributed by atoms with Gasteiger partial charge in [-0.25, -0.2) is 0 Å². The summed E-state index contributed by atoms with van der Waals surface area (Å²) in [5.74, 6) is 2.12. The van der Waals surface area contributed by atoms with Gasteiger partial charge in [-0.1, -0.05) is 72.8 Å². The first-order valence-electron chi connectivity index (χ1n) is 14.3. The van der Waals surface area contributed by atoms with E-state index in [0.29, 0.717) is 44.3 Å². The number of aliphatic hydroxyl groups excluding tert-OH is 2. The number of aliphatic hydroxyl groups is 2. The van der Waals surface area contributed by atoms with Crippen LogP contribution in [0.5, 0.6) is 17.2 Å². The van der Waals surface area contributed by atoms with Crippen LogP contribution in [0, 0.1) is 0 Å². The molecule has 4 aromatic carbocycles. The van der Waals surface area contributed by atoms with Crippen molar-refractivity contribution in [2.24, 2.45) is 0 Å². The lowest BCUT2D eigenvalue weighted by Crippen LogP contribution is -2.31. The number of hydrogen-bond donors (Lipinski definition) is 4. The first kappa shape index (κ1) is 29.4. The second-order valence-corrected chi connectivity index (χ2v) is 10.3. The maximum Gasteiger partial charge on any atom is 0.130 e. The zero-order valence-electron chi connectivity index (χ0n) is 23.6. The summed E-state index contributed by atoms with van der Waals surface area (Å²) in [4.78, 5) is 0. The number of fused-ring (bicyclic) bond motifs is 1. The molecule has 0 spiro atoms. The third kappa shape index (κ3) is 8.93. The SMILES string of the molecule is OC(CNCc1ccccc1)COc1ccc(C2=Cc3ccc(OCC(O)CNCc4ccccc4)cc3OC2)cc1. The van der Waals surface area contributed by atoms with E-state index in [1.807, 2.05) is 91.0 Å². The second kappa shape index (κ2) is 15.2. The van der Waals surface area contributed by atoms with Crippen molar-refractivity contribution in [1.82, 2.24) is 10.6 Å². The van der Waals surface area contributed by atoms with Crippen LogP contribution in [0.2, 0.25) is 0 Å². The second-order valence-electron chi connectivity index (χ2n) is 10.3. The van der Waals surface area contributed by atoms with Crippen molar-refractivity contribution in [1.29, 1.82) is 0 Å². The molecule has 5 rings (SSSR count). The zero-order chi connectivity index (χ0) is 29.0. The minimum atomic E-state index is -0.622. The van der Waals surface area contributed by atoms with Gasteiger partial charge in [-0.05, 0) is 52.6 Å². The molecule has 1 heterocycles. The summed E-state index contributed by atoms with van der Waals surface area (Å²) in [5.41, 5.74) is 5.43. The molecule has 0 saturated heterocycles. The van der Waals surface area contributed by atoms with Gasteiger partial charge in [0.05, 0.1) is 0 Å². The molecule has 4 aromatic rings. The molecule has 1 aliphatic heterocycles. The van der Waals surface area contributed by atoms with Crippen molar-refractivity contribution in [3.63, 3.8) is 0 Å². The Morgan fingerprint density at radius 2 is 1.21 bits per heavy atom. The highest BCUT2D eigenvalue weighted by molar-refractivity contribution is 5.85. The summed E-state index contributed by atoms with van der Waals surface area (Å²) in [7, 11) is 0. The van der Waals surface area contributed by atoms with Gasteiger partial charge in [0.25, 0.3) is 0 Å². The molecule has 2 atom stereocenters. The molecule has 7 heteroatoms. The molecule has 0 amide bonds. The van der Waals surface area contributed by atoms with E-state index >= 15 is 0 Å². The molecule has 0 bridgehead atoms. The molecule has 0 fully saturated rings. The number of ether oxygens (including phenoxy) is 3. The van der Waals surface area contributed by atoms with Crippen molar-refractivity contribution < 1.29 is 24.4 Å². The number of rotatable bonds is 15. The fraction of sp³-hybridized carbons (Fsp3) is 0.257. The van der Waals surface area contributed by atoms with Crippen molar-refractivity contribution in [2.45, 2.75) is 25.3 Å². The molecular weight excluding hydrogens is 528 g/mol. The Bertz CT molecular complexity index is 1410. The first-order chi connectivity index (χ1) is 20.6. The smallest absolute Gasteiger partial charge is 0.130 e. The average Bonchev–Trinajstić information content (AvgIpc) is 3.04. The molecule has 1 aliphatic rings. The van der Waals surface area contributed by atoms with E-state index < -0.39 is 12.2 Å². The summed E-state index contributed by atoms with van der Waals surface area (Å²) in [6, 6.07) is 33.7. The lowest BCUT2D eigenvalue weighted by molar-refractivity contribution is 0.106. The fourth-order valence-corrected chi connectivity index (χ4v) is 4.63. The normalized spacial score (nSPS) is 13.8. The highest BCUT2D eigenvalue weighted by atomic mass is 16.5. The molecule has 7 nitrogen and oxygen atoms in total. The van der Waals surface area contributed by atoms with Crippen molar-refractivity contribution in [3.8, 4) is 17.2 Å². The van der Waals surface area contributed by atoms with E-state index in [0.717, 1.165) is 22.4 Å². The summed E-state index contributed by atoms with van der Waals surface area (Å²) in [6.07, 6.45) is 0.889. The monoisotopic (exact) mass is 566 g/mol. The van der Waals surface area contributed by atoms with Crippen LogP contribution in [0.1, 0.15) is 22.3 Å². The topological polar surface area (TPSA) is 92.2 Å². The molecule has 218 valence electrons. The molecule has 0 aromatic heterocycles. The van der Waals surface area contributed by atoms with Gasteiger partial charge >= 0.3 is 0 Å². The Balaban J connectivity index is 1.05. The zero-order valence-corrected chi connectivity index (χ0v) is 23.6. The fourth-order valence-electron chi connectivity index (χ4n) is 4.63. The van der Waals surface area contributed by atoms with Crippen LogP contribution >= 0.6 is 0 Å². The van der Waals surface area contributed by atoms with Crippen LogP contribution in [0.15, 0.2) is 103 Å². The van der Waals surface area contributed by atoms with Gasteiger partial charge < -0.3 is 35.1 Å². The van der Waals surface area contributed by atoms with E-state index in [-0.39, 0.29) is 13.2 Å². The van der Waals surface area contributed by atoms with E-state index in [4.69, 9.17) is 14.2 Å². The predicted octanol–water partition coefficient (Wildman–Crippen LogP) is 4.68. The van der Waals surface area contributed by atoms with Gasteiger partial charge in [0, 0.05) is 37.8 Å². The summed E-state index contributed by atoms with van der Waals surface area (Å²) in [6.45, 7) is 3.15. The molecule has 0 saturated carbocycles. The van der Waals surface area contributed by atoms with Crippen LogP contribution in [-0.4, -0.2) is 55.3 Å². The van der Waals surface area contributed by atoms with Gasteiger partial charge in [-0.2, -0.15) is 0 Å². The molecule has 42 heavy (non-hydrogen) atoms.